The second kappa shape index (κ2) is 4.82. The number of nitrogens with zero attached hydrogens (tertiary/aromatic N) is 1. The summed E-state index contributed by atoms with van der Waals surface area (Å²) in [6, 6.07) is 3.71. The zero-order valence-corrected chi connectivity index (χ0v) is 8.21. The molecule has 0 aliphatic heterocycles. The third-order valence-corrected chi connectivity index (χ3v) is 2.06. The van der Waals surface area contributed by atoms with Crippen LogP contribution in [0.25, 0.3) is 0 Å². The molecule has 72 valence electrons. The van der Waals surface area contributed by atoms with Crippen LogP contribution >= 0.6 is 0 Å². The van der Waals surface area contributed by atoms with Crippen molar-refractivity contribution in [3.8, 4) is 0 Å². The maximum absolute atomic E-state index is 11.4. The topological polar surface area (TPSA) is 34.0 Å². The molecular formula is C10H16N2O. The highest BCUT2D eigenvalue weighted by atomic mass is 16.1. The van der Waals surface area contributed by atoms with Gasteiger partial charge in [-0.25, -0.2) is 0 Å². The van der Waals surface area contributed by atoms with Crippen LogP contribution in [0.2, 0.25) is 0 Å². The van der Waals surface area contributed by atoms with Crippen molar-refractivity contribution in [3.05, 3.63) is 34.2 Å². The van der Waals surface area contributed by atoms with Crippen LogP contribution in [0, 0.1) is 0 Å². The number of aryl methyl sites for hydroxylation is 1. The molecule has 1 N–H and O–H groups in total. The van der Waals surface area contributed by atoms with E-state index < -0.39 is 0 Å². The van der Waals surface area contributed by atoms with Gasteiger partial charge < -0.3 is 9.88 Å². The van der Waals surface area contributed by atoms with E-state index in [1.807, 2.05) is 26.2 Å². The van der Waals surface area contributed by atoms with Gasteiger partial charge in [0.15, 0.2) is 0 Å². The van der Waals surface area contributed by atoms with Crippen LogP contribution in [0.15, 0.2) is 23.1 Å². The van der Waals surface area contributed by atoms with Crippen molar-refractivity contribution < 1.29 is 0 Å². The van der Waals surface area contributed by atoms with Crippen molar-refractivity contribution in [2.75, 3.05) is 13.6 Å². The highest BCUT2D eigenvalue weighted by molar-refractivity contribution is 5.11. The summed E-state index contributed by atoms with van der Waals surface area (Å²) in [5.41, 5.74) is 1.19. The standard InChI is InChI=1S/C10H16N2O/c1-3-12-7-5-9(4-6-11-2)8-10(12)13/h5,7-8,11H,3-4,6H2,1-2H3. The molecule has 0 saturated heterocycles. The summed E-state index contributed by atoms with van der Waals surface area (Å²) >= 11 is 0. The highest BCUT2D eigenvalue weighted by Crippen LogP contribution is 1.95. The van der Waals surface area contributed by atoms with Gasteiger partial charge in [0.25, 0.3) is 5.56 Å². The molecule has 0 radical (unpaired) electrons. The first-order valence-corrected chi connectivity index (χ1v) is 4.62. The molecule has 3 nitrogen and oxygen atoms in total. The van der Waals surface area contributed by atoms with Crippen molar-refractivity contribution in [2.45, 2.75) is 19.9 Å². The third-order valence-electron chi connectivity index (χ3n) is 2.06. The number of likely N-dealkylation sites (N-methyl/N-ethyl adjacent to an activating group) is 1. The fraction of sp³-hybridized carbons (Fsp3) is 0.500. The molecule has 0 unspecified atom stereocenters. The maximum Gasteiger partial charge on any atom is 0.250 e. The van der Waals surface area contributed by atoms with Crippen molar-refractivity contribution in [3.63, 3.8) is 0 Å². The van der Waals surface area contributed by atoms with E-state index in [4.69, 9.17) is 0 Å². The van der Waals surface area contributed by atoms with Crippen LogP contribution in [-0.4, -0.2) is 18.2 Å². The highest BCUT2D eigenvalue weighted by Gasteiger charge is 1.95. The molecule has 0 bridgehead atoms. The molecule has 0 fully saturated rings. The van der Waals surface area contributed by atoms with Gasteiger partial charge in [-0.05, 0) is 38.6 Å². The second-order valence-electron chi connectivity index (χ2n) is 3.01. The molecule has 0 atom stereocenters. The predicted octanol–water partition coefficient (Wildman–Crippen LogP) is 0.630. The molecule has 3 heteroatoms. The summed E-state index contributed by atoms with van der Waals surface area (Å²) in [5, 5.41) is 3.06. The van der Waals surface area contributed by atoms with E-state index in [2.05, 4.69) is 5.32 Å². The Labute approximate surface area is 78.4 Å². The minimum absolute atomic E-state index is 0.0936. The number of aromatic nitrogens is 1. The Morgan fingerprint density at radius 1 is 1.54 bits per heavy atom. The van der Waals surface area contributed by atoms with Gasteiger partial charge in [0.1, 0.15) is 0 Å². The van der Waals surface area contributed by atoms with Crippen LogP contribution < -0.4 is 10.9 Å². The predicted molar refractivity (Wildman–Crippen MR) is 54.0 cm³/mol. The zero-order chi connectivity index (χ0) is 9.68. The zero-order valence-electron chi connectivity index (χ0n) is 8.21. The van der Waals surface area contributed by atoms with E-state index in [0.29, 0.717) is 0 Å². The number of hydrogen-bond donors (Lipinski definition) is 1. The molecule has 0 saturated carbocycles. The summed E-state index contributed by atoms with van der Waals surface area (Å²) in [6.45, 7) is 3.62. The van der Waals surface area contributed by atoms with Gasteiger partial charge in [0.2, 0.25) is 0 Å². The Morgan fingerprint density at radius 2 is 2.31 bits per heavy atom. The van der Waals surface area contributed by atoms with Crippen LogP contribution in [0.1, 0.15) is 12.5 Å². The second-order valence-corrected chi connectivity index (χ2v) is 3.01. The molecule has 0 amide bonds. The molecule has 0 aliphatic rings. The molecule has 13 heavy (non-hydrogen) atoms. The monoisotopic (exact) mass is 180 g/mol. The van der Waals surface area contributed by atoms with Gasteiger partial charge in [-0.15, -0.1) is 0 Å². The van der Waals surface area contributed by atoms with Gasteiger partial charge >= 0.3 is 0 Å². The summed E-state index contributed by atoms with van der Waals surface area (Å²) in [4.78, 5) is 11.4. The number of hydrogen-bond acceptors (Lipinski definition) is 2. The Balaban J connectivity index is 2.77. The van der Waals surface area contributed by atoms with Gasteiger partial charge in [0.05, 0.1) is 0 Å². The average Bonchev–Trinajstić information content (AvgIpc) is 2.15. The minimum Gasteiger partial charge on any atom is -0.319 e. The smallest absolute Gasteiger partial charge is 0.250 e. The van der Waals surface area contributed by atoms with E-state index in [9.17, 15) is 4.79 Å². The van der Waals surface area contributed by atoms with Crippen LogP contribution in [0.5, 0.6) is 0 Å². The normalized spacial score (nSPS) is 10.3. The first kappa shape index (κ1) is 9.99. The lowest BCUT2D eigenvalue weighted by molar-refractivity contribution is 0.718. The first-order chi connectivity index (χ1) is 6.27. The maximum atomic E-state index is 11.4. The summed E-state index contributed by atoms with van der Waals surface area (Å²) in [7, 11) is 1.91. The largest absolute Gasteiger partial charge is 0.319 e. The van der Waals surface area contributed by atoms with Crippen molar-refractivity contribution in [2.24, 2.45) is 0 Å². The van der Waals surface area contributed by atoms with Crippen LogP contribution in [0.3, 0.4) is 0 Å². The minimum atomic E-state index is 0.0936. The Kier molecular flexibility index (Phi) is 3.71. The van der Waals surface area contributed by atoms with E-state index in [0.717, 1.165) is 25.1 Å². The number of nitrogens with one attached hydrogen (secondary N) is 1. The van der Waals surface area contributed by atoms with Crippen molar-refractivity contribution >= 4 is 0 Å². The fourth-order valence-electron chi connectivity index (χ4n) is 1.23. The van der Waals surface area contributed by atoms with E-state index >= 15 is 0 Å². The summed E-state index contributed by atoms with van der Waals surface area (Å²) in [6.07, 6.45) is 2.77. The Bertz CT molecular complexity index is 317. The van der Waals surface area contributed by atoms with Gasteiger partial charge in [-0.2, -0.15) is 0 Å². The lowest BCUT2D eigenvalue weighted by atomic mass is 10.2. The van der Waals surface area contributed by atoms with Crippen LogP contribution in [-0.2, 0) is 13.0 Å². The molecule has 1 rings (SSSR count). The average molecular weight is 180 g/mol. The van der Waals surface area contributed by atoms with E-state index in [1.54, 1.807) is 10.6 Å². The third kappa shape index (κ3) is 2.70. The van der Waals surface area contributed by atoms with Crippen LogP contribution in [0.4, 0.5) is 0 Å². The Hall–Kier alpha value is -1.09. The van der Waals surface area contributed by atoms with Gasteiger partial charge in [0, 0.05) is 18.8 Å². The number of rotatable bonds is 4. The Morgan fingerprint density at radius 3 is 2.85 bits per heavy atom. The van der Waals surface area contributed by atoms with Gasteiger partial charge in [-0.1, -0.05) is 0 Å². The molecule has 0 spiro atoms. The van der Waals surface area contributed by atoms with Crippen molar-refractivity contribution in [1.82, 2.24) is 9.88 Å². The quantitative estimate of drug-likeness (QED) is 0.737. The molecule has 1 heterocycles. The fourth-order valence-corrected chi connectivity index (χ4v) is 1.23. The van der Waals surface area contributed by atoms with Gasteiger partial charge in [-0.3, -0.25) is 4.79 Å². The molecule has 1 aromatic rings. The SMILES string of the molecule is CCn1ccc(CCNC)cc1=O. The lowest BCUT2D eigenvalue weighted by Crippen LogP contribution is -2.19. The molecule has 1 aromatic heterocycles. The molecule has 0 aliphatic carbocycles. The lowest BCUT2D eigenvalue weighted by Gasteiger charge is -2.03. The van der Waals surface area contributed by atoms with E-state index in [-0.39, 0.29) is 5.56 Å². The van der Waals surface area contributed by atoms with Crippen molar-refractivity contribution in [1.29, 1.82) is 0 Å². The first-order valence-electron chi connectivity index (χ1n) is 4.62. The number of pyridine rings is 1. The summed E-state index contributed by atoms with van der Waals surface area (Å²) in [5.74, 6) is 0. The van der Waals surface area contributed by atoms with E-state index in [1.165, 1.54) is 0 Å². The molecule has 0 aromatic carbocycles. The molecular weight excluding hydrogens is 164 g/mol. The summed E-state index contributed by atoms with van der Waals surface area (Å²) < 4.78 is 1.70.